The second-order valence-electron chi connectivity index (χ2n) is 6.56. The maximum atomic E-state index is 12.0. The third kappa shape index (κ3) is 1.48. The Morgan fingerprint density at radius 2 is 2.06 bits per heavy atom. The summed E-state index contributed by atoms with van der Waals surface area (Å²) < 4.78 is 4.89. The van der Waals surface area contributed by atoms with E-state index in [0.717, 1.165) is 0 Å². The molecule has 3 atom stereocenters. The summed E-state index contributed by atoms with van der Waals surface area (Å²) in [6.45, 7) is 8.20. The number of fused-ring (bicyclic) bond motifs is 2. The van der Waals surface area contributed by atoms with Gasteiger partial charge in [0.25, 0.3) is 0 Å². The topological polar surface area (TPSA) is 46.5 Å². The van der Waals surface area contributed by atoms with Crippen molar-refractivity contribution < 1.29 is 14.6 Å². The third-order valence-corrected chi connectivity index (χ3v) is 4.89. The number of rotatable bonds is 1. The molecule has 0 aromatic heterocycles. The summed E-state index contributed by atoms with van der Waals surface area (Å²) in [7, 11) is 1.39. The standard InChI is InChI=1S/C14H22O3/c1-9-6-14(16)8-12(2,3)10(9)7-13(14,4)11(15)17-5/h6,10,16H,7-8H2,1-5H3/t10-,13+,14-/m0/s1. The lowest BCUT2D eigenvalue weighted by atomic mass is 9.47. The molecule has 1 saturated carbocycles. The van der Waals surface area contributed by atoms with Crippen LogP contribution in [-0.2, 0) is 9.53 Å². The van der Waals surface area contributed by atoms with Crippen molar-refractivity contribution in [2.45, 2.75) is 46.1 Å². The van der Waals surface area contributed by atoms with Crippen molar-refractivity contribution in [2.24, 2.45) is 16.7 Å². The van der Waals surface area contributed by atoms with Gasteiger partial charge in [0.05, 0.1) is 18.1 Å². The van der Waals surface area contributed by atoms with E-state index < -0.39 is 11.0 Å². The fourth-order valence-corrected chi connectivity index (χ4v) is 3.82. The van der Waals surface area contributed by atoms with Crippen LogP contribution < -0.4 is 0 Å². The van der Waals surface area contributed by atoms with Gasteiger partial charge in [0.2, 0.25) is 0 Å². The molecule has 17 heavy (non-hydrogen) atoms. The zero-order valence-corrected chi connectivity index (χ0v) is 11.3. The Morgan fingerprint density at radius 3 is 2.47 bits per heavy atom. The lowest BCUT2D eigenvalue weighted by molar-refractivity contribution is -0.185. The van der Waals surface area contributed by atoms with Gasteiger partial charge in [-0.3, -0.25) is 4.79 Å². The molecule has 0 radical (unpaired) electrons. The molecular formula is C14H22O3. The zero-order valence-electron chi connectivity index (χ0n) is 11.3. The number of carbonyl (C=O) groups is 1. The Hall–Kier alpha value is -0.830. The Labute approximate surface area is 103 Å². The molecule has 2 bridgehead atoms. The summed E-state index contributed by atoms with van der Waals surface area (Å²) in [5.74, 6) is 0.0462. The van der Waals surface area contributed by atoms with Gasteiger partial charge in [0.1, 0.15) is 0 Å². The summed E-state index contributed by atoms with van der Waals surface area (Å²) in [6.07, 6.45) is 3.17. The summed E-state index contributed by atoms with van der Waals surface area (Å²) in [4.78, 5) is 12.0. The van der Waals surface area contributed by atoms with E-state index in [9.17, 15) is 9.90 Å². The zero-order chi connectivity index (χ0) is 13.1. The Bertz CT molecular complexity index is 396. The van der Waals surface area contributed by atoms with Crippen LogP contribution in [0.4, 0.5) is 0 Å². The van der Waals surface area contributed by atoms with Crippen LogP contribution in [0.25, 0.3) is 0 Å². The molecule has 3 aliphatic carbocycles. The number of carbonyl (C=O) groups excluding carboxylic acids is 1. The molecule has 3 heteroatoms. The summed E-state index contributed by atoms with van der Waals surface area (Å²) >= 11 is 0. The molecule has 3 rings (SSSR count). The highest BCUT2D eigenvalue weighted by Crippen LogP contribution is 2.61. The first-order valence-electron chi connectivity index (χ1n) is 6.16. The number of hydrogen-bond donors (Lipinski definition) is 1. The maximum Gasteiger partial charge on any atom is 0.314 e. The van der Waals surface area contributed by atoms with Crippen molar-refractivity contribution >= 4 is 5.97 Å². The smallest absolute Gasteiger partial charge is 0.314 e. The summed E-state index contributed by atoms with van der Waals surface area (Å²) in [5.41, 5.74) is -0.629. The molecule has 0 spiro atoms. The van der Waals surface area contributed by atoms with E-state index in [1.807, 2.05) is 19.9 Å². The first-order valence-corrected chi connectivity index (χ1v) is 6.16. The Kier molecular flexibility index (Phi) is 2.48. The second-order valence-corrected chi connectivity index (χ2v) is 6.56. The van der Waals surface area contributed by atoms with Crippen LogP contribution >= 0.6 is 0 Å². The molecule has 0 heterocycles. The molecule has 96 valence electrons. The summed E-state index contributed by atoms with van der Waals surface area (Å²) in [5, 5.41) is 10.9. The van der Waals surface area contributed by atoms with Crippen LogP contribution in [0.15, 0.2) is 11.6 Å². The van der Waals surface area contributed by atoms with Crippen molar-refractivity contribution in [1.82, 2.24) is 0 Å². The number of aliphatic hydroxyl groups is 1. The number of hydrogen-bond acceptors (Lipinski definition) is 3. The van der Waals surface area contributed by atoms with Gasteiger partial charge in [-0.25, -0.2) is 0 Å². The minimum atomic E-state index is -1.07. The molecule has 0 aliphatic heterocycles. The SMILES string of the molecule is COC(=O)[C@@]1(C)C[C@H]2C(C)=C[C@]1(O)CC2(C)C. The number of methoxy groups -OCH3 is 1. The minimum Gasteiger partial charge on any atom is -0.469 e. The van der Waals surface area contributed by atoms with Crippen LogP contribution in [0, 0.1) is 16.7 Å². The quantitative estimate of drug-likeness (QED) is 0.563. The molecule has 0 unspecified atom stereocenters. The van der Waals surface area contributed by atoms with Crippen molar-refractivity contribution in [2.75, 3.05) is 7.11 Å². The third-order valence-electron chi connectivity index (χ3n) is 4.89. The Morgan fingerprint density at radius 1 is 1.47 bits per heavy atom. The lowest BCUT2D eigenvalue weighted by Gasteiger charge is -2.58. The van der Waals surface area contributed by atoms with Gasteiger partial charge in [0, 0.05) is 0 Å². The van der Waals surface area contributed by atoms with Crippen molar-refractivity contribution in [3.05, 3.63) is 11.6 Å². The maximum absolute atomic E-state index is 12.0. The van der Waals surface area contributed by atoms with Crippen LogP contribution in [-0.4, -0.2) is 23.8 Å². The van der Waals surface area contributed by atoms with Crippen molar-refractivity contribution in [3.63, 3.8) is 0 Å². The molecular weight excluding hydrogens is 216 g/mol. The normalized spacial score (nSPS) is 43.2. The fraction of sp³-hybridized carbons (Fsp3) is 0.786. The molecule has 1 fully saturated rings. The van der Waals surface area contributed by atoms with E-state index in [2.05, 4.69) is 13.8 Å². The van der Waals surface area contributed by atoms with Crippen LogP contribution in [0.5, 0.6) is 0 Å². The predicted molar refractivity (Wildman–Crippen MR) is 65.3 cm³/mol. The average molecular weight is 238 g/mol. The van der Waals surface area contributed by atoms with E-state index in [1.54, 1.807) is 0 Å². The van der Waals surface area contributed by atoms with Crippen LogP contribution in [0.2, 0.25) is 0 Å². The van der Waals surface area contributed by atoms with Crippen LogP contribution in [0.3, 0.4) is 0 Å². The van der Waals surface area contributed by atoms with Gasteiger partial charge >= 0.3 is 5.97 Å². The number of esters is 1. The largest absolute Gasteiger partial charge is 0.469 e. The van der Waals surface area contributed by atoms with E-state index >= 15 is 0 Å². The molecule has 3 aliphatic rings. The average Bonchev–Trinajstić information content (AvgIpc) is 2.19. The minimum absolute atomic E-state index is 0.0428. The molecule has 0 amide bonds. The first-order chi connectivity index (χ1) is 7.66. The number of allylic oxidation sites excluding steroid dienone is 1. The van der Waals surface area contributed by atoms with Gasteiger partial charge in [-0.1, -0.05) is 25.5 Å². The van der Waals surface area contributed by atoms with Crippen molar-refractivity contribution in [3.8, 4) is 0 Å². The monoisotopic (exact) mass is 238 g/mol. The highest BCUT2D eigenvalue weighted by molar-refractivity contribution is 5.79. The van der Waals surface area contributed by atoms with E-state index in [0.29, 0.717) is 18.8 Å². The van der Waals surface area contributed by atoms with Crippen molar-refractivity contribution in [1.29, 1.82) is 0 Å². The first kappa shape index (κ1) is 12.6. The molecule has 0 saturated heterocycles. The fourth-order valence-electron chi connectivity index (χ4n) is 3.82. The van der Waals surface area contributed by atoms with Gasteiger partial charge in [0.15, 0.2) is 0 Å². The van der Waals surface area contributed by atoms with E-state index in [-0.39, 0.29) is 11.4 Å². The van der Waals surface area contributed by atoms with Gasteiger partial charge in [-0.05, 0) is 38.0 Å². The van der Waals surface area contributed by atoms with Gasteiger partial charge in [-0.2, -0.15) is 0 Å². The molecule has 1 N–H and O–H groups in total. The van der Waals surface area contributed by atoms with Crippen LogP contribution in [0.1, 0.15) is 40.5 Å². The highest BCUT2D eigenvalue weighted by atomic mass is 16.5. The van der Waals surface area contributed by atoms with Gasteiger partial charge < -0.3 is 9.84 Å². The molecule has 0 aromatic rings. The van der Waals surface area contributed by atoms with Gasteiger partial charge in [-0.15, -0.1) is 0 Å². The molecule has 3 nitrogen and oxygen atoms in total. The van der Waals surface area contributed by atoms with E-state index in [4.69, 9.17) is 4.74 Å². The second kappa shape index (κ2) is 3.35. The molecule has 0 aromatic carbocycles. The van der Waals surface area contributed by atoms with E-state index in [1.165, 1.54) is 12.7 Å². The Balaban J connectivity index is 2.51. The summed E-state index contributed by atoms with van der Waals surface area (Å²) in [6, 6.07) is 0. The predicted octanol–water partition coefficient (Wildman–Crippen LogP) is 2.29. The highest BCUT2D eigenvalue weighted by Gasteiger charge is 2.63. The number of ether oxygens (including phenoxy) is 1. The lowest BCUT2D eigenvalue weighted by Crippen LogP contribution is -2.62.